The van der Waals surface area contributed by atoms with Crippen molar-refractivity contribution in [2.45, 2.75) is 77.0 Å². The van der Waals surface area contributed by atoms with Crippen LogP contribution in [0.3, 0.4) is 0 Å². The van der Waals surface area contributed by atoms with Crippen LogP contribution < -0.4 is 31.9 Å². The number of carbonyl (C=O) groups excluding carboxylic acids is 18. The second-order valence-corrected chi connectivity index (χ2v) is 28.2. The molecule has 36 heteroatoms. The first-order chi connectivity index (χ1) is 49.3. The first kappa shape index (κ1) is 77.6. The highest BCUT2D eigenvalue weighted by Crippen LogP contribution is 2.29. The lowest BCUT2D eigenvalue weighted by atomic mass is 9.96. The van der Waals surface area contributed by atoms with Crippen molar-refractivity contribution in [1.82, 2.24) is 76.0 Å². The van der Waals surface area contributed by atoms with Crippen LogP contribution in [0.15, 0.2) is 0 Å². The van der Waals surface area contributed by atoms with Gasteiger partial charge in [0.15, 0.2) is 0 Å². The van der Waals surface area contributed by atoms with E-state index in [4.69, 9.17) is 14.2 Å². The molecule has 9 rings (SSSR count). The van der Waals surface area contributed by atoms with Crippen molar-refractivity contribution in [3.05, 3.63) is 0 Å². The maximum absolute atomic E-state index is 13.5. The van der Waals surface area contributed by atoms with E-state index in [0.717, 1.165) is 0 Å². The zero-order chi connectivity index (χ0) is 74.2. The van der Waals surface area contributed by atoms with Gasteiger partial charge in [-0.05, 0) is 25.2 Å². The Morgan fingerprint density at radius 1 is 0.262 bits per heavy atom. The molecule has 0 radical (unpaired) electrons. The highest BCUT2D eigenvalue weighted by Gasteiger charge is 2.43. The van der Waals surface area contributed by atoms with Gasteiger partial charge in [0.2, 0.25) is 88.6 Å². The van der Waals surface area contributed by atoms with Gasteiger partial charge in [0, 0.05) is 215 Å². The van der Waals surface area contributed by atoms with E-state index in [1.54, 1.807) is 14.7 Å². The molecule has 103 heavy (non-hydrogen) atoms. The summed E-state index contributed by atoms with van der Waals surface area (Å²) >= 11 is 0. The Hall–Kier alpha value is -9.54. The van der Waals surface area contributed by atoms with E-state index >= 15 is 0 Å². The molecule has 9 atom stereocenters. The largest absolute Gasteiger partial charge is 0.469 e. The van der Waals surface area contributed by atoms with Gasteiger partial charge in [-0.3, -0.25) is 86.3 Å². The lowest BCUT2D eigenvalue weighted by Crippen LogP contribution is -2.41. The number of ether oxygens (including phenoxy) is 3. The maximum Gasteiger partial charge on any atom is 0.310 e. The maximum atomic E-state index is 13.5. The van der Waals surface area contributed by atoms with Crippen LogP contribution in [-0.4, -0.2) is 329 Å². The number of carbonyl (C=O) groups is 18. The number of amides is 15. The van der Waals surface area contributed by atoms with Crippen LogP contribution in [-0.2, 0) is 101 Å². The molecular weight excluding hydrogens is 1350 g/mol. The number of hydrogen-bond acceptors (Lipinski definition) is 21. The number of esters is 3. The molecule has 0 aromatic rings. The SMILES string of the molecule is COC(=O)C1CC(=O)N(CCNC(=O)C2CC(=O)N(CCNC(=O)C3CC(=O)N(CCC(CCN4CC(C(=O)NCCN5CC(C(=O)NCCN6CC(C(=O)OC)CC6=O)CC5=O)CC4=O)CCN4CC(C(=O)NCCN5CC(C(=O)NCCN6CC(C(=O)OC)CC6=O)CC5=O)CC4=O)C3)C2)C1. The van der Waals surface area contributed by atoms with Gasteiger partial charge in [0.1, 0.15) is 0 Å². The molecule has 566 valence electrons. The number of methoxy groups -OCH3 is 3. The molecule has 15 amide bonds. The molecule has 9 heterocycles. The highest BCUT2D eigenvalue weighted by molar-refractivity contribution is 5.94. The number of likely N-dealkylation sites (tertiary alicyclic amines) is 9. The molecule has 6 N–H and O–H groups in total. The summed E-state index contributed by atoms with van der Waals surface area (Å²) in [5, 5.41) is 16.8. The van der Waals surface area contributed by atoms with Gasteiger partial charge in [-0.1, -0.05) is 0 Å². The van der Waals surface area contributed by atoms with Crippen molar-refractivity contribution in [3.8, 4) is 0 Å². The molecule has 0 spiro atoms. The fraction of sp³-hybridized carbons (Fsp3) is 0.731. The van der Waals surface area contributed by atoms with Gasteiger partial charge >= 0.3 is 17.9 Å². The molecule has 9 unspecified atom stereocenters. The Labute approximate surface area is 595 Å². The van der Waals surface area contributed by atoms with Crippen LogP contribution >= 0.6 is 0 Å². The summed E-state index contributed by atoms with van der Waals surface area (Å²) < 4.78 is 14.2. The molecule has 9 aliphatic rings. The van der Waals surface area contributed by atoms with Gasteiger partial charge in [-0.15, -0.1) is 0 Å². The number of hydrogen-bond donors (Lipinski definition) is 6. The van der Waals surface area contributed by atoms with Gasteiger partial charge in [-0.2, -0.15) is 0 Å². The Morgan fingerprint density at radius 2 is 0.408 bits per heavy atom. The minimum absolute atomic E-state index is 0.0311. The normalized spacial score (nSPS) is 25.3. The average Bonchev–Trinajstić information content (AvgIpc) is 1.73. The third-order valence-corrected chi connectivity index (χ3v) is 21.3. The van der Waals surface area contributed by atoms with Crippen molar-refractivity contribution in [1.29, 1.82) is 0 Å². The molecule has 0 aromatic heterocycles. The van der Waals surface area contributed by atoms with Crippen molar-refractivity contribution in [2.75, 3.05) is 178 Å². The smallest absolute Gasteiger partial charge is 0.310 e. The Morgan fingerprint density at radius 3 is 0.573 bits per heavy atom. The van der Waals surface area contributed by atoms with Crippen LogP contribution in [0.2, 0.25) is 0 Å². The predicted molar refractivity (Wildman–Crippen MR) is 354 cm³/mol. The summed E-state index contributed by atoms with van der Waals surface area (Å²) in [5.41, 5.74) is 0. The second-order valence-electron chi connectivity index (χ2n) is 28.2. The zero-order valence-corrected chi connectivity index (χ0v) is 58.8. The number of nitrogens with zero attached hydrogens (tertiary/aromatic N) is 9. The van der Waals surface area contributed by atoms with Crippen LogP contribution in [0, 0.1) is 59.2 Å². The standard InChI is InChI=1S/C67H97N15O21/c1-101-65(98)47-28-56(89)80(37-47)19-10-71-62(95)44-25-53(86)77(34-44)16-7-68-59(92)41-22-50(83)74(31-41)13-4-40(5-14-75-32-42(23-51(75)84)60(93)69-8-17-78-35-45(26-54(78)87)63(96)72-11-20-81-38-48(29-57(81)90)66(99)102-2)6-15-76-33-43(24-52(76)85)61(94)70-9-18-79-36-46(27-55(79)88)64(97)73-12-21-82-39-49(30-58(82)91)67(100)103-3/h40-49H,4-39H2,1-3H3,(H,68,92)(H,69,93)(H,70,94)(H,71,95)(H,72,96)(H,73,97). The molecule has 36 nitrogen and oxygen atoms in total. The van der Waals surface area contributed by atoms with Crippen LogP contribution in [0.25, 0.3) is 0 Å². The summed E-state index contributed by atoms with van der Waals surface area (Å²) in [6.07, 6.45) is 0.995. The number of rotatable bonds is 36. The summed E-state index contributed by atoms with van der Waals surface area (Å²) in [5.74, 6) is -11.9. The number of nitrogens with one attached hydrogen (secondary N) is 6. The van der Waals surface area contributed by atoms with Crippen molar-refractivity contribution >= 4 is 107 Å². The first-order valence-electron chi connectivity index (χ1n) is 35.7. The molecular formula is C67H97N15O21. The van der Waals surface area contributed by atoms with Crippen molar-refractivity contribution in [2.24, 2.45) is 59.2 Å². The Kier molecular flexibility index (Phi) is 27.2. The van der Waals surface area contributed by atoms with E-state index in [2.05, 4.69) is 31.9 Å². The van der Waals surface area contributed by atoms with E-state index in [0.29, 0.717) is 19.3 Å². The quantitative estimate of drug-likeness (QED) is 0.0251. The fourth-order valence-corrected chi connectivity index (χ4v) is 15.1. The predicted octanol–water partition coefficient (Wildman–Crippen LogP) is -6.37. The minimum atomic E-state index is -0.703. The molecule has 0 bridgehead atoms. The monoisotopic (exact) mass is 1450 g/mol. The van der Waals surface area contributed by atoms with E-state index in [1.165, 1.54) is 50.7 Å². The third kappa shape index (κ3) is 20.6. The summed E-state index contributed by atoms with van der Waals surface area (Å²) in [4.78, 5) is 245. The summed E-state index contributed by atoms with van der Waals surface area (Å²) in [6.45, 7) is 3.47. The van der Waals surface area contributed by atoms with Gasteiger partial charge < -0.3 is 90.2 Å². The second kappa shape index (κ2) is 36.1. The molecule has 0 saturated carbocycles. The van der Waals surface area contributed by atoms with Crippen molar-refractivity contribution < 1.29 is 101 Å². The van der Waals surface area contributed by atoms with Crippen molar-refractivity contribution in [3.63, 3.8) is 0 Å². The lowest BCUT2D eigenvalue weighted by Gasteiger charge is -2.26. The molecule has 9 aliphatic heterocycles. The van der Waals surface area contributed by atoms with Crippen LogP contribution in [0.1, 0.15) is 77.0 Å². The Balaban J connectivity index is 0.711. The zero-order valence-electron chi connectivity index (χ0n) is 58.8. The Bertz CT molecular complexity index is 2970. The molecule has 0 aromatic carbocycles. The molecule has 9 saturated heterocycles. The van der Waals surface area contributed by atoms with Gasteiger partial charge in [0.05, 0.1) is 74.6 Å². The van der Waals surface area contributed by atoms with E-state index < -0.39 is 71.2 Å². The topological polar surface area (TPSA) is 436 Å². The van der Waals surface area contributed by atoms with Gasteiger partial charge in [0.25, 0.3) is 0 Å². The van der Waals surface area contributed by atoms with E-state index in [-0.39, 0.29) is 309 Å². The fourth-order valence-electron chi connectivity index (χ4n) is 15.1. The molecule has 0 aliphatic carbocycles. The van der Waals surface area contributed by atoms with E-state index in [9.17, 15) is 86.3 Å². The summed E-state index contributed by atoms with van der Waals surface area (Å²) in [7, 11) is 3.76. The third-order valence-electron chi connectivity index (χ3n) is 21.3. The minimum Gasteiger partial charge on any atom is -0.469 e. The van der Waals surface area contributed by atoms with E-state index in [1.807, 2.05) is 0 Å². The highest BCUT2D eigenvalue weighted by atomic mass is 16.5. The summed E-state index contributed by atoms with van der Waals surface area (Å²) in [6, 6.07) is 0. The van der Waals surface area contributed by atoms with Gasteiger partial charge in [-0.25, -0.2) is 0 Å². The average molecular weight is 1450 g/mol. The first-order valence-corrected chi connectivity index (χ1v) is 35.7. The lowest BCUT2D eigenvalue weighted by molar-refractivity contribution is -0.145. The van der Waals surface area contributed by atoms with Crippen LogP contribution in [0.4, 0.5) is 0 Å². The molecule has 9 fully saturated rings. The van der Waals surface area contributed by atoms with Crippen LogP contribution in [0.5, 0.6) is 0 Å².